The fourth-order valence-corrected chi connectivity index (χ4v) is 4.37. The molecule has 2 aliphatic rings. The summed E-state index contributed by atoms with van der Waals surface area (Å²) in [5, 5.41) is -1.15. The zero-order valence-corrected chi connectivity index (χ0v) is 12.7. The van der Waals surface area contributed by atoms with Crippen LogP contribution < -0.4 is 5.73 Å². The fraction of sp³-hybridized carbons (Fsp3) is 0.667. The van der Waals surface area contributed by atoms with Gasteiger partial charge in [0, 0.05) is 0 Å². The van der Waals surface area contributed by atoms with Gasteiger partial charge in [-0.3, -0.25) is 9.69 Å². The molecule has 2 aliphatic heterocycles. The van der Waals surface area contributed by atoms with Gasteiger partial charge in [0.25, 0.3) is 0 Å². The molecule has 2 atom stereocenters. The lowest BCUT2D eigenvalue weighted by molar-refractivity contribution is -0.158. The van der Waals surface area contributed by atoms with Crippen LogP contribution in [-0.4, -0.2) is 48.0 Å². The number of rotatable bonds is 1. The minimum Gasteiger partial charge on any atom is -0.455 e. The minimum absolute atomic E-state index is 0.00597. The Labute approximate surface area is 117 Å². The number of carbonyl (C=O) groups is 2. The summed E-state index contributed by atoms with van der Waals surface area (Å²) in [7, 11) is -3.55. The number of β-lactam (4-membered cyclic amide) rings is 1. The second-order valence-electron chi connectivity index (χ2n) is 6.06. The van der Waals surface area contributed by atoms with Crippen molar-refractivity contribution in [3.63, 3.8) is 0 Å². The highest BCUT2D eigenvalue weighted by molar-refractivity contribution is 7.92. The lowest BCUT2D eigenvalue weighted by atomic mass is 10.0. The Kier molecular flexibility index (Phi) is 3.22. The lowest BCUT2D eigenvalue weighted by Crippen LogP contribution is -2.73. The van der Waals surface area contributed by atoms with Crippen molar-refractivity contribution in [2.75, 3.05) is 5.75 Å². The predicted octanol–water partition coefficient (Wildman–Crippen LogP) is -0.474. The van der Waals surface area contributed by atoms with E-state index in [2.05, 4.69) is 0 Å². The summed E-state index contributed by atoms with van der Waals surface area (Å²) in [5.41, 5.74) is 5.12. The number of fused-ring (bicyclic) bond motifs is 1. The highest BCUT2D eigenvalue weighted by atomic mass is 32.2. The fourth-order valence-electron chi connectivity index (χ4n) is 2.37. The van der Waals surface area contributed by atoms with Crippen molar-refractivity contribution in [3.05, 3.63) is 11.3 Å². The average Bonchev–Trinajstić information content (AvgIpc) is 2.23. The summed E-state index contributed by atoms with van der Waals surface area (Å²) in [4.78, 5) is 24.9. The molecule has 0 aromatic heterocycles. The van der Waals surface area contributed by atoms with Crippen LogP contribution in [0.5, 0.6) is 0 Å². The van der Waals surface area contributed by atoms with Crippen LogP contribution in [0.4, 0.5) is 0 Å². The largest absolute Gasteiger partial charge is 0.455 e. The van der Waals surface area contributed by atoms with E-state index in [0.29, 0.717) is 5.57 Å². The van der Waals surface area contributed by atoms with Gasteiger partial charge in [0.05, 0.1) is 5.75 Å². The summed E-state index contributed by atoms with van der Waals surface area (Å²) in [5.74, 6) is -1.56. The van der Waals surface area contributed by atoms with Crippen LogP contribution >= 0.6 is 0 Å². The van der Waals surface area contributed by atoms with Gasteiger partial charge in [-0.1, -0.05) is 0 Å². The summed E-state index contributed by atoms with van der Waals surface area (Å²) in [6.07, 6.45) is 0. The van der Waals surface area contributed by atoms with E-state index in [-0.39, 0.29) is 11.4 Å². The van der Waals surface area contributed by atoms with Crippen LogP contribution in [-0.2, 0) is 24.2 Å². The van der Waals surface area contributed by atoms with Crippen molar-refractivity contribution in [1.82, 2.24) is 4.90 Å². The Morgan fingerprint density at radius 1 is 1.40 bits per heavy atom. The zero-order chi connectivity index (χ0) is 15.5. The van der Waals surface area contributed by atoms with Gasteiger partial charge in [0.2, 0.25) is 5.91 Å². The molecule has 0 aliphatic carbocycles. The number of nitrogens with zero attached hydrogens (tertiary/aromatic N) is 1. The van der Waals surface area contributed by atoms with Crippen molar-refractivity contribution in [3.8, 4) is 0 Å². The predicted molar refractivity (Wildman–Crippen MR) is 70.9 cm³/mol. The standard InChI is InChI=1S/C12H18N2O5S/c1-6-5-20(17,18)10-7(13)9(15)14(10)8(6)11(16)19-12(2,3)4/h7,10H,5,13H2,1-4H3/t7?,10-/m1/s1. The second-order valence-corrected chi connectivity index (χ2v) is 8.16. The van der Waals surface area contributed by atoms with Crippen LogP contribution in [0, 0.1) is 0 Å². The second kappa shape index (κ2) is 4.29. The van der Waals surface area contributed by atoms with Gasteiger partial charge in [0.15, 0.2) is 15.2 Å². The molecule has 1 amide bonds. The molecule has 1 fully saturated rings. The first-order valence-corrected chi connectivity index (χ1v) is 7.90. The van der Waals surface area contributed by atoms with Gasteiger partial charge in [0.1, 0.15) is 17.3 Å². The van der Waals surface area contributed by atoms with Crippen molar-refractivity contribution in [2.24, 2.45) is 5.73 Å². The Hall–Kier alpha value is -1.41. The van der Waals surface area contributed by atoms with Crippen molar-refractivity contribution >= 4 is 21.7 Å². The smallest absolute Gasteiger partial charge is 0.355 e. The Morgan fingerprint density at radius 3 is 2.45 bits per heavy atom. The minimum atomic E-state index is -3.55. The van der Waals surface area contributed by atoms with Crippen molar-refractivity contribution in [2.45, 2.75) is 44.7 Å². The van der Waals surface area contributed by atoms with Crippen molar-refractivity contribution in [1.29, 1.82) is 0 Å². The molecule has 1 unspecified atom stereocenters. The molecular weight excluding hydrogens is 284 g/mol. The summed E-state index contributed by atoms with van der Waals surface area (Å²) in [6, 6.07) is -1.11. The molecule has 0 bridgehead atoms. The molecule has 8 heteroatoms. The highest BCUT2D eigenvalue weighted by Gasteiger charge is 2.58. The zero-order valence-electron chi connectivity index (χ0n) is 11.8. The van der Waals surface area contributed by atoms with Gasteiger partial charge in [-0.05, 0) is 33.3 Å². The highest BCUT2D eigenvalue weighted by Crippen LogP contribution is 2.36. The van der Waals surface area contributed by atoms with E-state index in [4.69, 9.17) is 10.5 Å². The van der Waals surface area contributed by atoms with E-state index < -0.39 is 38.7 Å². The quantitative estimate of drug-likeness (QED) is 0.518. The van der Waals surface area contributed by atoms with Gasteiger partial charge < -0.3 is 10.5 Å². The molecule has 7 nitrogen and oxygen atoms in total. The molecule has 0 spiro atoms. The van der Waals surface area contributed by atoms with E-state index in [1.165, 1.54) is 6.92 Å². The van der Waals surface area contributed by atoms with E-state index in [0.717, 1.165) is 4.90 Å². The lowest BCUT2D eigenvalue weighted by Gasteiger charge is -2.47. The molecule has 2 heterocycles. The van der Waals surface area contributed by atoms with Crippen LogP contribution in [0.2, 0.25) is 0 Å². The van der Waals surface area contributed by atoms with Gasteiger partial charge in [-0.25, -0.2) is 13.2 Å². The third-order valence-corrected chi connectivity index (χ3v) is 5.18. The average molecular weight is 302 g/mol. The van der Waals surface area contributed by atoms with E-state index in [1.807, 2.05) is 0 Å². The maximum atomic E-state index is 12.2. The molecule has 20 heavy (non-hydrogen) atoms. The Morgan fingerprint density at radius 2 is 1.95 bits per heavy atom. The molecule has 2 N–H and O–H groups in total. The van der Waals surface area contributed by atoms with Gasteiger partial charge in [-0.15, -0.1) is 0 Å². The first-order chi connectivity index (χ1) is 8.96. The Bertz CT molecular complexity index is 614. The molecule has 0 saturated carbocycles. The third-order valence-electron chi connectivity index (χ3n) is 3.11. The van der Waals surface area contributed by atoms with E-state index >= 15 is 0 Å². The summed E-state index contributed by atoms with van der Waals surface area (Å²) < 4.78 is 29.2. The normalized spacial score (nSPS) is 28.9. The number of carbonyl (C=O) groups excluding carboxylic acids is 2. The number of nitrogens with two attached hydrogens (primary N) is 1. The first kappa shape index (κ1) is 15.0. The topological polar surface area (TPSA) is 107 Å². The molecule has 1 saturated heterocycles. The first-order valence-electron chi connectivity index (χ1n) is 6.19. The maximum Gasteiger partial charge on any atom is 0.355 e. The Balaban J connectivity index is 2.42. The number of esters is 1. The molecule has 0 aromatic carbocycles. The molecule has 0 aromatic rings. The monoisotopic (exact) mass is 302 g/mol. The van der Waals surface area contributed by atoms with Crippen LogP contribution in [0.3, 0.4) is 0 Å². The molecule has 2 rings (SSSR count). The number of hydrogen-bond acceptors (Lipinski definition) is 6. The molecular formula is C12H18N2O5S. The number of hydrogen-bond donors (Lipinski definition) is 1. The van der Waals surface area contributed by atoms with E-state index in [1.54, 1.807) is 20.8 Å². The number of sulfone groups is 1. The molecule has 112 valence electrons. The van der Waals surface area contributed by atoms with E-state index in [9.17, 15) is 18.0 Å². The van der Waals surface area contributed by atoms with Crippen LogP contribution in [0.1, 0.15) is 27.7 Å². The number of ether oxygens (including phenoxy) is 1. The third kappa shape index (κ3) is 2.22. The van der Waals surface area contributed by atoms with Crippen molar-refractivity contribution < 1.29 is 22.7 Å². The van der Waals surface area contributed by atoms with Gasteiger partial charge >= 0.3 is 5.97 Å². The maximum absolute atomic E-state index is 12.2. The summed E-state index contributed by atoms with van der Waals surface area (Å²) in [6.45, 7) is 6.59. The van der Waals surface area contributed by atoms with Crippen LogP contribution in [0.25, 0.3) is 0 Å². The van der Waals surface area contributed by atoms with Gasteiger partial charge in [-0.2, -0.15) is 0 Å². The van der Waals surface area contributed by atoms with Crippen LogP contribution in [0.15, 0.2) is 11.3 Å². The summed E-state index contributed by atoms with van der Waals surface area (Å²) >= 11 is 0. The SMILES string of the molecule is CC1=C(C(=O)OC(C)(C)C)N2C(=O)C(N)[C@H]2S(=O)(=O)C1. The number of amides is 1. The molecule has 0 radical (unpaired) electrons.